The van der Waals surface area contributed by atoms with E-state index in [1.807, 2.05) is 12.1 Å². The van der Waals surface area contributed by atoms with E-state index < -0.39 is 0 Å². The summed E-state index contributed by atoms with van der Waals surface area (Å²) in [6.07, 6.45) is 1.90. The minimum Gasteiger partial charge on any atom is -0.493 e. The Labute approximate surface area is 140 Å². The van der Waals surface area contributed by atoms with Crippen LogP contribution in [0, 0.1) is 5.82 Å². The third-order valence-corrected chi connectivity index (χ3v) is 4.69. The van der Waals surface area contributed by atoms with Crippen LogP contribution >= 0.6 is 31.9 Å². The maximum Gasteiger partial charge on any atom is 0.125 e. The van der Waals surface area contributed by atoms with Gasteiger partial charge < -0.3 is 10.1 Å². The molecule has 1 aliphatic rings. The molecule has 21 heavy (non-hydrogen) atoms. The van der Waals surface area contributed by atoms with Crippen LogP contribution < -0.4 is 10.1 Å². The second kappa shape index (κ2) is 6.36. The standard InChI is InChI=1S/C16H14Br2FNO/c17-10-3-5-12-14(2-1-7-21-16(12)8-10)20-15-9-11(19)4-6-13(15)18/h3-6,8-9,14,20H,1-2,7H2. The van der Waals surface area contributed by atoms with Crippen molar-refractivity contribution in [1.29, 1.82) is 0 Å². The second-order valence-corrected chi connectivity index (χ2v) is 6.76. The van der Waals surface area contributed by atoms with Crippen molar-refractivity contribution in [2.45, 2.75) is 18.9 Å². The molecule has 0 fully saturated rings. The predicted molar refractivity (Wildman–Crippen MR) is 89.3 cm³/mol. The molecule has 1 unspecified atom stereocenters. The zero-order valence-electron chi connectivity index (χ0n) is 11.2. The molecule has 0 saturated heterocycles. The van der Waals surface area contributed by atoms with Crippen molar-refractivity contribution < 1.29 is 9.13 Å². The van der Waals surface area contributed by atoms with Gasteiger partial charge in [0, 0.05) is 14.5 Å². The number of rotatable bonds is 2. The molecule has 0 radical (unpaired) electrons. The molecule has 2 aromatic rings. The Morgan fingerprint density at radius 2 is 2.00 bits per heavy atom. The molecule has 1 heterocycles. The molecule has 0 aromatic heterocycles. The summed E-state index contributed by atoms with van der Waals surface area (Å²) in [6, 6.07) is 10.8. The van der Waals surface area contributed by atoms with Crippen LogP contribution in [-0.2, 0) is 0 Å². The molecular formula is C16H14Br2FNO. The number of hydrogen-bond acceptors (Lipinski definition) is 2. The summed E-state index contributed by atoms with van der Waals surface area (Å²) in [5.41, 5.74) is 1.86. The van der Waals surface area contributed by atoms with E-state index in [-0.39, 0.29) is 11.9 Å². The maximum absolute atomic E-state index is 13.4. The number of fused-ring (bicyclic) bond motifs is 1. The fourth-order valence-corrected chi connectivity index (χ4v) is 3.19. The largest absolute Gasteiger partial charge is 0.493 e. The Hall–Kier alpha value is -1.07. The lowest BCUT2D eigenvalue weighted by molar-refractivity contribution is 0.316. The molecule has 0 spiro atoms. The molecule has 0 aliphatic carbocycles. The van der Waals surface area contributed by atoms with Gasteiger partial charge >= 0.3 is 0 Å². The van der Waals surface area contributed by atoms with E-state index in [1.54, 1.807) is 6.07 Å². The fourth-order valence-electron chi connectivity index (χ4n) is 2.49. The van der Waals surface area contributed by atoms with E-state index in [9.17, 15) is 4.39 Å². The molecule has 1 aliphatic heterocycles. The van der Waals surface area contributed by atoms with Crippen molar-refractivity contribution in [2.75, 3.05) is 11.9 Å². The van der Waals surface area contributed by atoms with Crippen LogP contribution in [0.4, 0.5) is 10.1 Å². The highest BCUT2D eigenvalue weighted by Crippen LogP contribution is 2.37. The van der Waals surface area contributed by atoms with Gasteiger partial charge in [0.1, 0.15) is 11.6 Å². The fraction of sp³-hybridized carbons (Fsp3) is 0.250. The van der Waals surface area contributed by atoms with Gasteiger partial charge in [-0.1, -0.05) is 22.0 Å². The zero-order chi connectivity index (χ0) is 14.8. The van der Waals surface area contributed by atoms with Gasteiger partial charge in [0.2, 0.25) is 0 Å². The smallest absolute Gasteiger partial charge is 0.125 e. The van der Waals surface area contributed by atoms with E-state index in [4.69, 9.17) is 4.74 Å². The van der Waals surface area contributed by atoms with Gasteiger partial charge in [-0.05, 0) is 59.1 Å². The SMILES string of the molecule is Fc1ccc(Br)c(NC2CCCOc3cc(Br)ccc32)c1. The van der Waals surface area contributed by atoms with Crippen LogP contribution in [0.1, 0.15) is 24.4 Å². The van der Waals surface area contributed by atoms with E-state index in [0.29, 0.717) is 6.61 Å². The average Bonchev–Trinajstić information content (AvgIpc) is 2.65. The van der Waals surface area contributed by atoms with E-state index in [2.05, 4.69) is 43.2 Å². The molecule has 2 nitrogen and oxygen atoms in total. The van der Waals surface area contributed by atoms with Gasteiger partial charge in [-0.25, -0.2) is 4.39 Å². The Balaban J connectivity index is 1.94. The Morgan fingerprint density at radius 3 is 2.86 bits per heavy atom. The van der Waals surface area contributed by atoms with Crippen LogP contribution in [-0.4, -0.2) is 6.61 Å². The first kappa shape index (κ1) is 14.9. The van der Waals surface area contributed by atoms with E-state index in [0.717, 1.165) is 38.8 Å². The number of anilines is 1. The number of hydrogen-bond donors (Lipinski definition) is 1. The molecule has 0 amide bonds. The van der Waals surface area contributed by atoms with E-state index >= 15 is 0 Å². The lowest BCUT2D eigenvalue weighted by Gasteiger charge is -2.20. The van der Waals surface area contributed by atoms with Crippen molar-refractivity contribution in [3.05, 3.63) is 56.7 Å². The highest BCUT2D eigenvalue weighted by Gasteiger charge is 2.20. The summed E-state index contributed by atoms with van der Waals surface area (Å²) < 4.78 is 21.1. The van der Waals surface area contributed by atoms with Crippen molar-refractivity contribution in [1.82, 2.24) is 0 Å². The van der Waals surface area contributed by atoms with Gasteiger partial charge in [0.15, 0.2) is 0 Å². The van der Waals surface area contributed by atoms with Crippen molar-refractivity contribution in [3.63, 3.8) is 0 Å². The first-order valence-electron chi connectivity index (χ1n) is 6.77. The van der Waals surface area contributed by atoms with Gasteiger partial charge in [0.25, 0.3) is 0 Å². The molecule has 1 N–H and O–H groups in total. The van der Waals surface area contributed by atoms with Crippen molar-refractivity contribution >= 4 is 37.5 Å². The van der Waals surface area contributed by atoms with Crippen LogP contribution in [0.2, 0.25) is 0 Å². The van der Waals surface area contributed by atoms with Gasteiger partial charge in [0.05, 0.1) is 18.3 Å². The zero-order valence-corrected chi connectivity index (χ0v) is 14.4. The summed E-state index contributed by atoms with van der Waals surface area (Å²) in [5.74, 6) is 0.633. The number of nitrogens with one attached hydrogen (secondary N) is 1. The predicted octanol–water partition coefficient (Wildman–Crippen LogP) is 5.68. The van der Waals surface area contributed by atoms with Gasteiger partial charge in [-0.2, -0.15) is 0 Å². The third kappa shape index (κ3) is 3.40. The Bertz CT molecular complexity index is 663. The van der Waals surface area contributed by atoms with Gasteiger partial charge in [-0.15, -0.1) is 0 Å². The van der Waals surface area contributed by atoms with Crippen molar-refractivity contribution in [3.8, 4) is 5.75 Å². The summed E-state index contributed by atoms with van der Waals surface area (Å²) in [5, 5.41) is 3.42. The third-order valence-electron chi connectivity index (χ3n) is 3.50. The number of halogens is 3. The Kier molecular flexibility index (Phi) is 4.50. The van der Waals surface area contributed by atoms with E-state index in [1.165, 1.54) is 12.1 Å². The first-order valence-corrected chi connectivity index (χ1v) is 8.36. The Morgan fingerprint density at radius 1 is 1.14 bits per heavy atom. The van der Waals surface area contributed by atoms with Crippen LogP contribution in [0.5, 0.6) is 5.75 Å². The number of ether oxygens (including phenoxy) is 1. The monoisotopic (exact) mass is 413 g/mol. The van der Waals surface area contributed by atoms with Crippen LogP contribution in [0.3, 0.4) is 0 Å². The summed E-state index contributed by atoms with van der Waals surface area (Å²) >= 11 is 6.93. The number of benzene rings is 2. The maximum atomic E-state index is 13.4. The average molecular weight is 415 g/mol. The molecule has 1 atom stereocenters. The molecule has 2 aromatic carbocycles. The molecular weight excluding hydrogens is 401 g/mol. The molecule has 3 rings (SSSR count). The molecule has 0 bridgehead atoms. The lowest BCUT2D eigenvalue weighted by Crippen LogP contribution is -2.10. The van der Waals surface area contributed by atoms with Crippen LogP contribution in [0.25, 0.3) is 0 Å². The summed E-state index contributed by atoms with van der Waals surface area (Å²) in [4.78, 5) is 0. The van der Waals surface area contributed by atoms with Crippen molar-refractivity contribution in [2.24, 2.45) is 0 Å². The van der Waals surface area contributed by atoms with Crippen LogP contribution in [0.15, 0.2) is 45.3 Å². The van der Waals surface area contributed by atoms with Gasteiger partial charge in [-0.3, -0.25) is 0 Å². The quantitative estimate of drug-likeness (QED) is 0.682. The molecule has 110 valence electrons. The lowest BCUT2D eigenvalue weighted by atomic mass is 10.0. The highest BCUT2D eigenvalue weighted by molar-refractivity contribution is 9.10. The minimum atomic E-state index is -0.249. The summed E-state index contributed by atoms with van der Waals surface area (Å²) in [7, 11) is 0. The second-order valence-electron chi connectivity index (χ2n) is 4.99. The normalized spacial score (nSPS) is 17.6. The molecule has 0 saturated carbocycles. The highest BCUT2D eigenvalue weighted by atomic mass is 79.9. The minimum absolute atomic E-state index is 0.105. The first-order chi connectivity index (χ1) is 10.1. The topological polar surface area (TPSA) is 21.3 Å². The molecule has 5 heteroatoms. The summed E-state index contributed by atoms with van der Waals surface area (Å²) in [6.45, 7) is 0.700.